The third-order valence-electron chi connectivity index (χ3n) is 11.7. The Bertz CT molecular complexity index is 3260. The number of hydrogen-bond donors (Lipinski definition) is 0. The number of furan rings is 1. The van der Waals surface area contributed by atoms with Gasteiger partial charge in [0.25, 0.3) is 0 Å². The van der Waals surface area contributed by atoms with Gasteiger partial charge in [-0.3, -0.25) is 0 Å². The van der Waals surface area contributed by atoms with Crippen molar-refractivity contribution in [2.24, 2.45) is 0 Å². The predicted molar refractivity (Wildman–Crippen MR) is 253 cm³/mol. The summed E-state index contributed by atoms with van der Waals surface area (Å²) in [6.07, 6.45) is 0. The Morgan fingerprint density at radius 1 is 0.267 bits per heavy atom. The standard InChI is InChI=1S/C58H39NO/c1-3-13-41(14-4-1)51-20-10-11-21-53(51)44-27-32-49(33-28-44)59(50-34-36-55-46(37-50)24-23-43-17-7-9-19-52(43)55)48-30-25-40(26-31-48)45-29-35-54(42-15-5-2-6-16-42)56(38-45)58-39-47-18-8-12-22-57(47)60-58/h1-39H. The van der Waals surface area contributed by atoms with Gasteiger partial charge in [0.05, 0.1) is 0 Å². The molecule has 60 heavy (non-hydrogen) atoms. The molecule has 2 heteroatoms. The lowest BCUT2D eigenvalue weighted by Gasteiger charge is -2.26. The molecule has 0 N–H and O–H groups in total. The van der Waals surface area contributed by atoms with E-state index in [0.29, 0.717) is 0 Å². The van der Waals surface area contributed by atoms with Gasteiger partial charge in [-0.1, -0.05) is 182 Å². The first-order valence-corrected chi connectivity index (χ1v) is 20.5. The summed E-state index contributed by atoms with van der Waals surface area (Å²) in [6.45, 7) is 0. The molecular formula is C58H39NO. The summed E-state index contributed by atoms with van der Waals surface area (Å²) in [5, 5.41) is 6.06. The van der Waals surface area contributed by atoms with Gasteiger partial charge in [-0.25, -0.2) is 0 Å². The van der Waals surface area contributed by atoms with E-state index >= 15 is 0 Å². The van der Waals surface area contributed by atoms with Crippen LogP contribution < -0.4 is 4.90 Å². The van der Waals surface area contributed by atoms with E-state index in [2.05, 4.69) is 229 Å². The highest BCUT2D eigenvalue weighted by molar-refractivity contribution is 6.08. The van der Waals surface area contributed by atoms with Gasteiger partial charge in [-0.15, -0.1) is 0 Å². The van der Waals surface area contributed by atoms with Crippen LogP contribution in [-0.2, 0) is 0 Å². The molecule has 0 aliphatic heterocycles. The van der Waals surface area contributed by atoms with Crippen LogP contribution in [0, 0.1) is 0 Å². The van der Waals surface area contributed by atoms with Crippen LogP contribution in [0.5, 0.6) is 0 Å². The summed E-state index contributed by atoms with van der Waals surface area (Å²) in [5.74, 6) is 0.860. The van der Waals surface area contributed by atoms with Crippen molar-refractivity contribution in [1.82, 2.24) is 0 Å². The summed E-state index contributed by atoms with van der Waals surface area (Å²) in [4.78, 5) is 2.36. The number of rotatable bonds is 8. The van der Waals surface area contributed by atoms with Crippen molar-refractivity contribution >= 4 is 49.6 Å². The summed E-state index contributed by atoms with van der Waals surface area (Å²) >= 11 is 0. The fraction of sp³-hybridized carbons (Fsp3) is 0. The van der Waals surface area contributed by atoms with Crippen LogP contribution >= 0.6 is 0 Å². The van der Waals surface area contributed by atoms with Crippen molar-refractivity contribution in [1.29, 1.82) is 0 Å². The van der Waals surface area contributed by atoms with Gasteiger partial charge in [0.15, 0.2) is 0 Å². The highest BCUT2D eigenvalue weighted by atomic mass is 16.3. The fourth-order valence-corrected chi connectivity index (χ4v) is 8.70. The molecule has 0 radical (unpaired) electrons. The minimum absolute atomic E-state index is 0.860. The largest absolute Gasteiger partial charge is 0.456 e. The minimum Gasteiger partial charge on any atom is -0.456 e. The van der Waals surface area contributed by atoms with Gasteiger partial charge in [0, 0.05) is 28.0 Å². The zero-order valence-corrected chi connectivity index (χ0v) is 32.9. The first kappa shape index (κ1) is 35.2. The van der Waals surface area contributed by atoms with Crippen molar-refractivity contribution in [3.05, 3.63) is 237 Å². The van der Waals surface area contributed by atoms with Crippen LogP contribution in [0.25, 0.3) is 88.3 Å². The third-order valence-corrected chi connectivity index (χ3v) is 11.7. The Hall–Kier alpha value is -7.94. The van der Waals surface area contributed by atoms with Crippen molar-refractivity contribution < 1.29 is 4.42 Å². The first-order valence-electron chi connectivity index (χ1n) is 20.5. The molecular weight excluding hydrogens is 727 g/mol. The maximum Gasteiger partial charge on any atom is 0.136 e. The molecule has 0 atom stereocenters. The second-order valence-corrected chi connectivity index (χ2v) is 15.3. The number of nitrogens with zero attached hydrogens (tertiary/aromatic N) is 1. The van der Waals surface area contributed by atoms with Crippen LogP contribution in [0.2, 0.25) is 0 Å². The Kier molecular flexibility index (Phi) is 8.87. The van der Waals surface area contributed by atoms with Gasteiger partial charge >= 0.3 is 0 Å². The number of hydrogen-bond acceptors (Lipinski definition) is 2. The number of benzene rings is 10. The minimum atomic E-state index is 0.860. The number of anilines is 3. The van der Waals surface area contributed by atoms with Crippen LogP contribution in [0.15, 0.2) is 241 Å². The number of para-hydroxylation sites is 1. The Labute approximate surface area is 349 Å². The molecule has 1 heterocycles. The van der Waals surface area contributed by atoms with Crippen molar-refractivity contribution in [2.75, 3.05) is 4.90 Å². The van der Waals surface area contributed by atoms with E-state index in [-0.39, 0.29) is 0 Å². The molecule has 2 nitrogen and oxygen atoms in total. The zero-order chi connectivity index (χ0) is 39.8. The molecule has 0 amide bonds. The normalized spacial score (nSPS) is 11.3. The Morgan fingerprint density at radius 3 is 1.45 bits per heavy atom. The second kappa shape index (κ2) is 15.1. The number of fused-ring (bicyclic) bond motifs is 4. The highest BCUT2D eigenvalue weighted by Gasteiger charge is 2.17. The molecule has 0 saturated heterocycles. The van der Waals surface area contributed by atoms with Crippen LogP contribution in [0.3, 0.4) is 0 Å². The maximum atomic E-state index is 6.47. The summed E-state index contributed by atoms with van der Waals surface area (Å²) in [6, 6.07) is 84.8. The topological polar surface area (TPSA) is 16.4 Å². The van der Waals surface area contributed by atoms with E-state index in [1.54, 1.807) is 0 Å². The fourth-order valence-electron chi connectivity index (χ4n) is 8.70. The van der Waals surface area contributed by atoms with Crippen molar-refractivity contribution in [2.45, 2.75) is 0 Å². The van der Waals surface area contributed by atoms with Gasteiger partial charge in [-0.05, 0) is 121 Å². The predicted octanol–water partition coefficient (Wildman–Crippen LogP) is 16.5. The second-order valence-electron chi connectivity index (χ2n) is 15.3. The van der Waals surface area contributed by atoms with E-state index in [9.17, 15) is 0 Å². The molecule has 1 aromatic heterocycles. The van der Waals surface area contributed by atoms with E-state index in [1.807, 2.05) is 12.1 Å². The van der Waals surface area contributed by atoms with E-state index < -0.39 is 0 Å². The van der Waals surface area contributed by atoms with Gasteiger partial charge in [0.2, 0.25) is 0 Å². The van der Waals surface area contributed by atoms with Gasteiger partial charge in [-0.2, -0.15) is 0 Å². The molecule has 0 bridgehead atoms. The summed E-state index contributed by atoms with van der Waals surface area (Å²) in [7, 11) is 0. The maximum absolute atomic E-state index is 6.47. The van der Waals surface area contributed by atoms with E-state index in [4.69, 9.17) is 4.42 Å². The lowest BCUT2D eigenvalue weighted by molar-refractivity contribution is 0.632. The lowest BCUT2D eigenvalue weighted by atomic mass is 9.93. The van der Waals surface area contributed by atoms with Crippen molar-refractivity contribution in [3.63, 3.8) is 0 Å². The lowest BCUT2D eigenvalue weighted by Crippen LogP contribution is -2.10. The molecule has 0 spiro atoms. The molecule has 0 aliphatic rings. The summed E-state index contributed by atoms with van der Waals surface area (Å²) < 4.78 is 6.47. The van der Waals surface area contributed by atoms with Crippen LogP contribution in [0.4, 0.5) is 17.1 Å². The molecule has 0 fully saturated rings. The Balaban J connectivity index is 1.00. The average Bonchev–Trinajstić information content (AvgIpc) is 3.77. The highest BCUT2D eigenvalue weighted by Crippen LogP contribution is 2.42. The first-order chi connectivity index (χ1) is 29.7. The molecule has 282 valence electrons. The van der Waals surface area contributed by atoms with Gasteiger partial charge < -0.3 is 9.32 Å². The SMILES string of the molecule is c1ccc(-c2ccccc2-c2ccc(N(c3ccc(-c4ccc(-c5ccccc5)c(-c5cc6ccccc6o5)c4)cc3)c3ccc4c(ccc5ccccc54)c3)cc2)cc1. The van der Waals surface area contributed by atoms with Crippen molar-refractivity contribution in [3.8, 4) is 55.8 Å². The molecule has 0 aliphatic carbocycles. The van der Waals surface area contributed by atoms with E-state index in [0.717, 1.165) is 61.6 Å². The quantitative estimate of drug-likeness (QED) is 0.143. The molecule has 11 aromatic rings. The van der Waals surface area contributed by atoms with Crippen LogP contribution in [0.1, 0.15) is 0 Å². The van der Waals surface area contributed by atoms with E-state index in [1.165, 1.54) is 43.8 Å². The molecule has 11 rings (SSSR count). The molecule has 0 saturated carbocycles. The van der Waals surface area contributed by atoms with Crippen LogP contribution in [-0.4, -0.2) is 0 Å². The average molecular weight is 766 g/mol. The summed E-state index contributed by atoms with van der Waals surface area (Å²) in [5.41, 5.74) is 14.6. The third kappa shape index (κ3) is 6.51. The zero-order valence-electron chi connectivity index (χ0n) is 32.9. The van der Waals surface area contributed by atoms with Gasteiger partial charge in [0.1, 0.15) is 11.3 Å². The Morgan fingerprint density at radius 2 is 0.767 bits per heavy atom. The molecule has 10 aromatic carbocycles. The molecule has 0 unspecified atom stereocenters. The smallest absolute Gasteiger partial charge is 0.136 e. The monoisotopic (exact) mass is 765 g/mol.